The molecule has 1 atom stereocenters. The molecule has 96 valence electrons. The van der Waals surface area contributed by atoms with E-state index in [9.17, 15) is 9.59 Å². The number of nitrogens with zero attached hydrogens (tertiary/aromatic N) is 1. The Morgan fingerprint density at radius 3 is 2.50 bits per heavy atom. The maximum Gasteiger partial charge on any atom is 0.229 e. The molecule has 2 amide bonds. The van der Waals surface area contributed by atoms with Crippen LogP contribution in [-0.4, -0.2) is 23.3 Å². The first-order valence-electron chi connectivity index (χ1n) is 6.51. The molecule has 1 aliphatic heterocycles. The van der Waals surface area contributed by atoms with Crippen LogP contribution in [0.15, 0.2) is 24.3 Å². The second-order valence-corrected chi connectivity index (χ2v) is 4.85. The fourth-order valence-corrected chi connectivity index (χ4v) is 2.48. The van der Waals surface area contributed by atoms with Gasteiger partial charge in [-0.05, 0) is 29.9 Å². The summed E-state index contributed by atoms with van der Waals surface area (Å²) in [6, 6.07) is 8.47. The van der Waals surface area contributed by atoms with Gasteiger partial charge in [0.15, 0.2) is 0 Å². The maximum atomic E-state index is 11.8. The number of benzene rings is 1. The summed E-state index contributed by atoms with van der Waals surface area (Å²) < 4.78 is 0. The molecule has 1 heterocycles. The van der Waals surface area contributed by atoms with E-state index in [-0.39, 0.29) is 17.7 Å². The van der Waals surface area contributed by atoms with Gasteiger partial charge in [-0.3, -0.25) is 14.5 Å². The molecule has 0 saturated carbocycles. The summed E-state index contributed by atoms with van der Waals surface area (Å²) >= 11 is 0. The van der Waals surface area contributed by atoms with Crippen LogP contribution in [0.2, 0.25) is 0 Å². The van der Waals surface area contributed by atoms with Gasteiger partial charge in [0.25, 0.3) is 0 Å². The first kappa shape index (κ1) is 12.8. The van der Waals surface area contributed by atoms with Gasteiger partial charge in [-0.25, -0.2) is 0 Å². The first-order valence-corrected chi connectivity index (χ1v) is 6.51. The number of aryl methyl sites for hydroxylation is 1. The second kappa shape index (κ2) is 5.34. The van der Waals surface area contributed by atoms with Crippen LogP contribution in [0.1, 0.15) is 43.7 Å². The van der Waals surface area contributed by atoms with E-state index in [1.165, 1.54) is 23.0 Å². The Morgan fingerprint density at radius 2 is 2.00 bits per heavy atom. The molecule has 0 radical (unpaired) electrons. The van der Waals surface area contributed by atoms with E-state index in [1.807, 2.05) is 0 Å². The zero-order valence-corrected chi connectivity index (χ0v) is 11.0. The van der Waals surface area contributed by atoms with Gasteiger partial charge in [-0.2, -0.15) is 0 Å². The van der Waals surface area contributed by atoms with Crippen LogP contribution < -0.4 is 0 Å². The Hall–Kier alpha value is -1.64. The highest BCUT2D eigenvalue weighted by Gasteiger charge is 2.28. The Labute approximate surface area is 108 Å². The van der Waals surface area contributed by atoms with E-state index in [0.29, 0.717) is 13.0 Å². The Morgan fingerprint density at radius 1 is 1.33 bits per heavy atom. The number of imide groups is 1. The molecule has 1 aromatic carbocycles. The molecule has 0 N–H and O–H groups in total. The van der Waals surface area contributed by atoms with Gasteiger partial charge >= 0.3 is 0 Å². The Balaban J connectivity index is 2.07. The van der Waals surface area contributed by atoms with Crippen molar-refractivity contribution in [3.63, 3.8) is 0 Å². The Kier molecular flexibility index (Phi) is 3.80. The number of carbonyl (C=O) groups is 2. The number of rotatable bonds is 2. The zero-order valence-electron chi connectivity index (χ0n) is 11.0. The standard InChI is InChI=1S/C15H19NO2/c1-3-12-4-6-13(7-5-12)14-8-9-16(11(2)17)15(18)10-14/h4-7,14H,3,8-10H2,1-2H3. The zero-order chi connectivity index (χ0) is 13.1. The minimum Gasteiger partial charge on any atom is -0.283 e. The minimum absolute atomic E-state index is 0.0432. The van der Waals surface area contributed by atoms with E-state index >= 15 is 0 Å². The van der Waals surface area contributed by atoms with Crippen LogP contribution in [0.5, 0.6) is 0 Å². The molecule has 2 rings (SSSR count). The SMILES string of the molecule is CCc1ccc(C2CCN(C(C)=O)C(=O)C2)cc1. The summed E-state index contributed by atoms with van der Waals surface area (Å²) in [7, 11) is 0. The van der Waals surface area contributed by atoms with Gasteiger partial charge in [0.1, 0.15) is 0 Å². The molecule has 1 saturated heterocycles. The maximum absolute atomic E-state index is 11.8. The molecule has 0 bridgehead atoms. The van der Waals surface area contributed by atoms with Crippen LogP contribution in [0.4, 0.5) is 0 Å². The van der Waals surface area contributed by atoms with Crippen LogP contribution in [0, 0.1) is 0 Å². The normalized spacial score (nSPS) is 20.0. The van der Waals surface area contributed by atoms with Crippen molar-refractivity contribution in [1.82, 2.24) is 4.90 Å². The highest BCUT2D eigenvalue weighted by atomic mass is 16.2. The smallest absolute Gasteiger partial charge is 0.229 e. The third kappa shape index (κ3) is 2.61. The molecule has 0 aromatic heterocycles. The fraction of sp³-hybridized carbons (Fsp3) is 0.467. The van der Waals surface area contributed by atoms with Gasteiger partial charge in [0.2, 0.25) is 11.8 Å². The molecule has 1 aromatic rings. The van der Waals surface area contributed by atoms with Crippen molar-refractivity contribution >= 4 is 11.8 Å². The van der Waals surface area contributed by atoms with Crippen molar-refractivity contribution < 1.29 is 9.59 Å². The predicted octanol–water partition coefficient (Wildman–Crippen LogP) is 2.50. The molecular weight excluding hydrogens is 226 g/mol. The monoisotopic (exact) mass is 245 g/mol. The summed E-state index contributed by atoms with van der Waals surface area (Å²) in [4.78, 5) is 24.4. The molecule has 1 aliphatic rings. The molecule has 3 heteroatoms. The topological polar surface area (TPSA) is 37.4 Å². The lowest BCUT2D eigenvalue weighted by Crippen LogP contribution is -2.41. The summed E-state index contributed by atoms with van der Waals surface area (Å²) in [5.74, 6) is 0.0807. The van der Waals surface area contributed by atoms with Gasteiger partial charge < -0.3 is 0 Å². The van der Waals surface area contributed by atoms with Crippen LogP contribution >= 0.6 is 0 Å². The van der Waals surface area contributed by atoms with Crippen molar-refractivity contribution in [2.24, 2.45) is 0 Å². The van der Waals surface area contributed by atoms with Gasteiger partial charge in [0.05, 0.1) is 0 Å². The number of piperidine rings is 1. The molecule has 18 heavy (non-hydrogen) atoms. The summed E-state index contributed by atoms with van der Waals surface area (Å²) in [6.07, 6.45) is 2.35. The third-order valence-electron chi connectivity index (χ3n) is 3.66. The minimum atomic E-state index is -0.139. The second-order valence-electron chi connectivity index (χ2n) is 4.85. The fourth-order valence-electron chi connectivity index (χ4n) is 2.48. The lowest BCUT2D eigenvalue weighted by molar-refractivity contribution is -0.145. The van der Waals surface area contributed by atoms with E-state index in [2.05, 4.69) is 31.2 Å². The summed E-state index contributed by atoms with van der Waals surface area (Å²) in [5.41, 5.74) is 2.52. The van der Waals surface area contributed by atoms with E-state index in [1.54, 1.807) is 0 Å². The number of carbonyl (C=O) groups excluding carboxylic acids is 2. The van der Waals surface area contributed by atoms with Crippen molar-refractivity contribution in [1.29, 1.82) is 0 Å². The van der Waals surface area contributed by atoms with Crippen LogP contribution in [0.25, 0.3) is 0 Å². The van der Waals surface area contributed by atoms with E-state index < -0.39 is 0 Å². The predicted molar refractivity (Wildman–Crippen MR) is 70.2 cm³/mol. The largest absolute Gasteiger partial charge is 0.283 e. The Bertz CT molecular complexity index is 450. The van der Waals surface area contributed by atoms with Gasteiger partial charge in [0, 0.05) is 19.9 Å². The van der Waals surface area contributed by atoms with Gasteiger partial charge in [-0.1, -0.05) is 31.2 Å². The van der Waals surface area contributed by atoms with Crippen LogP contribution in [-0.2, 0) is 16.0 Å². The number of likely N-dealkylation sites (tertiary alicyclic amines) is 1. The summed E-state index contributed by atoms with van der Waals surface area (Å²) in [5, 5.41) is 0. The molecule has 1 unspecified atom stereocenters. The van der Waals surface area contributed by atoms with E-state index in [0.717, 1.165) is 12.8 Å². The molecule has 1 fully saturated rings. The van der Waals surface area contributed by atoms with Crippen molar-refractivity contribution in [2.75, 3.05) is 6.54 Å². The molecule has 0 aliphatic carbocycles. The van der Waals surface area contributed by atoms with E-state index in [4.69, 9.17) is 0 Å². The average Bonchev–Trinajstić information content (AvgIpc) is 2.38. The highest BCUT2D eigenvalue weighted by Crippen LogP contribution is 2.28. The lowest BCUT2D eigenvalue weighted by atomic mass is 9.88. The molecule has 0 spiro atoms. The number of amides is 2. The van der Waals surface area contributed by atoms with Crippen LogP contribution in [0.3, 0.4) is 0 Å². The highest BCUT2D eigenvalue weighted by molar-refractivity contribution is 5.95. The van der Waals surface area contributed by atoms with Crippen molar-refractivity contribution in [2.45, 2.75) is 39.0 Å². The first-order chi connectivity index (χ1) is 8.61. The lowest BCUT2D eigenvalue weighted by Gasteiger charge is -2.29. The number of hydrogen-bond acceptors (Lipinski definition) is 2. The summed E-state index contributed by atoms with van der Waals surface area (Å²) in [6.45, 7) is 4.13. The van der Waals surface area contributed by atoms with Crippen molar-refractivity contribution in [3.8, 4) is 0 Å². The van der Waals surface area contributed by atoms with Crippen molar-refractivity contribution in [3.05, 3.63) is 35.4 Å². The molecular formula is C15H19NO2. The number of hydrogen-bond donors (Lipinski definition) is 0. The van der Waals surface area contributed by atoms with Gasteiger partial charge in [-0.15, -0.1) is 0 Å². The molecule has 3 nitrogen and oxygen atoms in total. The third-order valence-corrected chi connectivity index (χ3v) is 3.66. The quantitative estimate of drug-likeness (QED) is 0.802. The average molecular weight is 245 g/mol.